The fraction of sp³-hybridized carbons (Fsp3) is 0.250. The molecule has 102 valence electrons. The Morgan fingerprint density at radius 3 is 2.90 bits per heavy atom. The van der Waals surface area contributed by atoms with Crippen molar-refractivity contribution >= 4 is 5.65 Å². The fourth-order valence-corrected chi connectivity index (χ4v) is 2.26. The van der Waals surface area contributed by atoms with Crippen LogP contribution in [-0.2, 0) is 6.42 Å². The van der Waals surface area contributed by atoms with Crippen molar-refractivity contribution < 1.29 is 0 Å². The Labute approximate surface area is 118 Å². The van der Waals surface area contributed by atoms with E-state index in [1.807, 2.05) is 29.9 Å². The van der Waals surface area contributed by atoms with Gasteiger partial charge in [-0.3, -0.25) is 0 Å². The highest BCUT2D eigenvalue weighted by Crippen LogP contribution is 2.18. The lowest BCUT2D eigenvalue weighted by Gasteiger charge is -2.02. The molecule has 2 heterocycles. The minimum atomic E-state index is 0.896. The Morgan fingerprint density at radius 1 is 1.20 bits per heavy atom. The van der Waals surface area contributed by atoms with Crippen LogP contribution in [0.5, 0.6) is 0 Å². The van der Waals surface area contributed by atoms with Crippen LogP contribution >= 0.6 is 0 Å². The van der Waals surface area contributed by atoms with Crippen molar-refractivity contribution in [3.8, 4) is 11.3 Å². The zero-order valence-electron chi connectivity index (χ0n) is 11.8. The quantitative estimate of drug-likeness (QED) is 0.789. The van der Waals surface area contributed by atoms with Crippen LogP contribution in [0.3, 0.4) is 0 Å². The van der Waals surface area contributed by atoms with E-state index in [0.29, 0.717) is 0 Å². The molecule has 0 aliphatic rings. The molecule has 0 spiro atoms. The van der Waals surface area contributed by atoms with Crippen LogP contribution in [0.2, 0.25) is 0 Å². The van der Waals surface area contributed by atoms with Gasteiger partial charge in [-0.2, -0.15) is 5.10 Å². The number of nitrogens with one attached hydrogen (secondary N) is 1. The third-order valence-corrected chi connectivity index (χ3v) is 3.31. The number of likely N-dealkylation sites (N-methyl/N-ethyl adjacent to an activating group) is 1. The van der Waals surface area contributed by atoms with Crippen molar-refractivity contribution in [3.05, 3.63) is 53.9 Å². The summed E-state index contributed by atoms with van der Waals surface area (Å²) in [5.74, 6) is 0. The Kier molecular flexibility index (Phi) is 3.48. The number of hydrogen-bond acceptors (Lipinski definition) is 3. The molecule has 0 saturated carbocycles. The molecule has 0 radical (unpaired) electrons. The summed E-state index contributed by atoms with van der Waals surface area (Å²) < 4.78 is 1.86. The topological polar surface area (TPSA) is 42.2 Å². The monoisotopic (exact) mass is 266 g/mol. The Bertz CT molecular complexity index is 730. The van der Waals surface area contributed by atoms with E-state index < -0.39 is 0 Å². The zero-order valence-corrected chi connectivity index (χ0v) is 11.8. The molecule has 4 heteroatoms. The standard InChI is InChI=1S/C16H18N4/c1-12-4-3-5-13(10-12)15-6-7-16-18-14(8-9-17-2)11-20(16)19-15/h3-7,10-11,17H,8-9H2,1-2H3. The maximum absolute atomic E-state index is 4.65. The first kappa shape index (κ1) is 12.8. The van der Waals surface area contributed by atoms with Gasteiger partial charge in [0.1, 0.15) is 0 Å². The number of nitrogens with zero attached hydrogens (tertiary/aromatic N) is 3. The van der Waals surface area contributed by atoms with Crippen molar-refractivity contribution in [2.45, 2.75) is 13.3 Å². The summed E-state index contributed by atoms with van der Waals surface area (Å²) in [4.78, 5) is 4.56. The van der Waals surface area contributed by atoms with Gasteiger partial charge in [0.25, 0.3) is 0 Å². The molecule has 0 fully saturated rings. The maximum Gasteiger partial charge on any atom is 0.153 e. The van der Waals surface area contributed by atoms with Crippen LogP contribution in [0.15, 0.2) is 42.6 Å². The van der Waals surface area contributed by atoms with E-state index in [2.05, 4.69) is 46.6 Å². The highest BCUT2D eigenvalue weighted by molar-refractivity contribution is 5.61. The second kappa shape index (κ2) is 5.43. The summed E-state index contributed by atoms with van der Waals surface area (Å²) in [6.45, 7) is 3.02. The Hall–Kier alpha value is -2.20. The predicted molar refractivity (Wildman–Crippen MR) is 80.8 cm³/mol. The van der Waals surface area contributed by atoms with Crippen LogP contribution < -0.4 is 5.32 Å². The van der Waals surface area contributed by atoms with Crippen LogP contribution in [0.4, 0.5) is 0 Å². The van der Waals surface area contributed by atoms with E-state index in [1.54, 1.807) is 0 Å². The first-order chi connectivity index (χ1) is 9.76. The molecule has 0 amide bonds. The molecular formula is C16H18N4. The summed E-state index contributed by atoms with van der Waals surface area (Å²) in [5, 5.41) is 7.78. The highest BCUT2D eigenvalue weighted by Gasteiger charge is 2.05. The van der Waals surface area contributed by atoms with E-state index in [0.717, 1.165) is 35.6 Å². The SMILES string of the molecule is CNCCc1cn2nc(-c3cccc(C)c3)ccc2n1. The number of rotatable bonds is 4. The van der Waals surface area contributed by atoms with Crippen molar-refractivity contribution in [2.24, 2.45) is 0 Å². The molecule has 4 nitrogen and oxygen atoms in total. The molecule has 3 rings (SSSR count). The van der Waals surface area contributed by atoms with E-state index in [4.69, 9.17) is 0 Å². The molecule has 1 N–H and O–H groups in total. The molecule has 1 aromatic carbocycles. The van der Waals surface area contributed by atoms with Crippen LogP contribution in [0.25, 0.3) is 16.9 Å². The first-order valence-corrected chi connectivity index (χ1v) is 6.83. The minimum absolute atomic E-state index is 0.896. The van der Waals surface area contributed by atoms with Gasteiger partial charge in [0.15, 0.2) is 5.65 Å². The van der Waals surface area contributed by atoms with Crippen molar-refractivity contribution in [1.82, 2.24) is 19.9 Å². The van der Waals surface area contributed by atoms with Gasteiger partial charge in [-0.1, -0.05) is 23.8 Å². The van der Waals surface area contributed by atoms with Gasteiger partial charge in [-0.15, -0.1) is 0 Å². The molecule has 0 unspecified atom stereocenters. The van der Waals surface area contributed by atoms with Gasteiger partial charge in [-0.25, -0.2) is 9.50 Å². The number of fused-ring (bicyclic) bond motifs is 1. The van der Waals surface area contributed by atoms with Gasteiger partial charge < -0.3 is 5.32 Å². The van der Waals surface area contributed by atoms with Gasteiger partial charge in [0.05, 0.1) is 17.6 Å². The molecule has 20 heavy (non-hydrogen) atoms. The molecule has 0 bridgehead atoms. The second-order valence-electron chi connectivity index (χ2n) is 4.98. The first-order valence-electron chi connectivity index (χ1n) is 6.83. The van der Waals surface area contributed by atoms with E-state index in [9.17, 15) is 0 Å². The van der Waals surface area contributed by atoms with E-state index in [-0.39, 0.29) is 0 Å². The average molecular weight is 266 g/mol. The van der Waals surface area contributed by atoms with Gasteiger partial charge in [-0.05, 0) is 32.2 Å². The molecule has 0 aliphatic carbocycles. The molecular weight excluding hydrogens is 248 g/mol. The normalized spacial score (nSPS) is 11.1. The van der Waals surface area contributed by atoms with Gasteiger partial charge in [0, 0.05) is 18.5 Å². The second-order valence-corrected chi connectivity index (χ2v) is 4.98. The smallest absolute Gasteiger partial charge is 0.153 e. The van der Waals surface area contributed by atoms with Crippen LogP contribution in [0.1, 0.15) is 11.3 Å². The summed E-state index contributed by atoms with van der Waals surface area (Å²) >= 11 is 0. The van der Waals surface area contributed by atoms with Gasteiger partial charge in [0.2, 0.25) is 0 Å². The molecule has 0 aliphatic heterocycles. The molecule has 3 aromatic rings. The Morgan fingerprint density at radius 2 is 2.10 bits per heavy atom. The third-order valence-electron chi connectivity index (χ3n) is 3.31. The average Bonchev–Trinajstić information content (AvgIpc) is 2.86. The minimum Gasteiger partial charge on any atom is -0.319 e. The molecule has 0 saturated heterocycles. The maximum atomic E-state index is 4.65. The fourth-order valence-electron chi connectivity index (χ4n) is 2.26. The van der Waals surface area contributed by atoms with Crippen LogP contribution in [-0.4, -0.2) is 28.2 Å². The van der Waals surface area contributed by atoms with Crippen molar-refractivity contribution in [2.75, 3.05) is 13.6 Å². The van der Waals surface area contributed by atoms with Crippen molar-refractivity contribution in [3.63, 3.8) is 0 Å². The highest BCUT2D eigenvalue weighted by atomic mass is 15.2. The third kappa shape index (κ3) is 2.56. The summed E-state index contributed by atoms with van der Waals surface area (Å²) in [6, 6.07) is 12.4. The van der Waals surface area contributed by atoms with Crippen molar-refractivity contribution in [1.29, 1.82) is 0 Å². The predicted octanol–water partition coefficient (Wildman–Crippen LogP) is 2.47. The number of benzene rings is 1. The largest absolute Gasteiger partial charge is 0.319 e. The summed E-state index contributed by atoms with van der Waals surface area (Å²) in [5.41, 5.74) is 5.31. The molecule has 0 atom stereocenters. The molecule has 2 aromatic heterocycles. The Balaban J connectivity index is 1.97. The lowest BCUT2D eigenvalue weighted by atomic mass is 10.1. The number of hydrogen-bond donors (Lipinski definition) is 1. The lowest BCUT2D eigenvalue weighted by molar-refractivity contribution is 0.779. The summed E-state index contributed by atoms with van der Waals surface area (Å²) in [6.07, 6.45) is 2.92. The number of imidazole rings is 1. The van der Waals surface area contributed by atoms with Gasteiger partial charge >= 0.3 is 0 Å². The van der Waals surface area contributed by atoms with Crippen LogP contribution in [0, 0.1) is 6.92 Å². The summed E-state index contributed by atoms with van der Waals surface area (Å²) in [7, 11) is 1.95. The number of aryl methyl sites for hydroxylation is 1. The lowest BCUT2D eigenvalue weighted by Crippen LogP contribution is -2.10. The zero-order chi connectivity index (χ0) is 13.9. The van der Waals surface area contributed by atoms with E-state index >= 15 is 0 Å². The number of aromatic nitrogens is 3. The van der Waals surface area contributed by atoms with E-state index in [1.165, 1.54) is 5.56 Å².